The third kappa shape index (κ3) is 19.0. The molecule has 0 spiro atoms. The molecule has 0 aromatic carbocycles. The largest absolute Gasteiger partial charge is 0.443 e. The molecule has 1 N–H and O–H groups in total. The summed E-state index contributed by atoms with van der Waals surface area (Å²) < 4.78 is 32.2. The van der Waals surface area contributed by atoms with Crippen LogP contribution in [0.4, 0.5) is 9.59 Å². The summed E-state index contributed by atoms with van der Waals surface area (Å²) in [5.41, 5.74) is -1.46. The lowest BCUT2D eigenvalue weighted by Gasteiger charge is -2.28. The first-order chi connectivity index (χ1) is 14.5. The van der Waals surface area contributed by atoms with Crippen molar-refractivity contribution in [3.05, 3.63) is 0 Å². The Morgan fingerprint density at radius 2 is 1.00 bits per heavy atom. The van der Waals surface area contributed by atoms with Crippen LogP contribution in [0.5, 0.6) is 0 Å². The van der Waals surface area contributed by atoms with Gasteiger partial charge in [0.1, 0.15) is 11.2 Å². The zero-order valence-corrected chi connectivity index (χ0v) is 20.3. The summed E-state index contributed by atoms with van der Waals surface area (Å²) in [4.78, 5) is 25.6. The molecule has 0 radical (unpaired) electrons. The number of nitrogens with zero attached hydrogens (tertiary/aromatic N) is 1. The maximum Gasteiger partial charge on any atom is 0.419 e. The van der Waals surface area contributed by atoms with Gasteiger partial charge in [0, 0.05) is 6.54 Å². The van der Waals surface area contributed by atoms with Crippen molar-refractivity contribution < 1.29 is 38.0 Å². The van der Waals surface area contributed by atoms with Gasteiger partial charge in [0.05, 0.1) is 59.4 Å². The van der Waals surface area contributed by atoms with Crippen LogP contribution in [-0.2, 0) is 28.4 Å². The summed E-state index contributed by atoms with van der Waals surface area (Å²) in [6.45, 7) is 14.7. The standard InChI is InChI=1S/C21H42N2O8/c1-20(2,3)30-18(24)23(19(25)31-21(4,5)6)9-11-27-13-15-29-17-16-28-14-12-26-10-8-22-7/h22H,8-17H2,1-7H3. The van der Waals surface area contributed by atoms with Crippen molar-refractivity contribution in [2.24, 2.45) is 0 Å². The molecule has 0 fully saturated rings. The fraction of sp³-hybridized carbons (Fsp3) is 0.905. The van der Waals surface area contributed by atoms with Gasteiger partial charge in [0.2, 0.25) is 0 Å². The number of amides is 2. The van der Waals surface area contributed by atoms with Gasteiger partial charge in [-0.25, -0.2) is 14.5 Å². The van der Waals surface area contributed by atoms with Crippen LogP contribution < -0.4 is 5.32 Å². The molecule has 0 aliphatic rings. The topological polar surface area (TPSA) is 105 Å². The zero-order valence-electron chi connectivity index (χ0n) is 20.3. The smallest absolute Gasteiger partial charge is 0.419 e. The number of carbonyl (C=O) groups excluding carboxylic acids is 2. The van der Waals surface area contributed by atoms with E-state index < -0.39 is 23.4 Å². The molecule has 10 heteroatoms. The van der Waals surface area contributed by atoms with Gasteiger partial charge in [0.25, 0.3) is 0 Å². The first-order valence-corrected chi connectivity index (χ1v) is 10.7. The van der Waals surface area contributed by atoms with Gasteiger partial charge >= 0.3 is 12.2 Å². The molecular formula is C21H42N2O8. The van der Waals surface area contributed by atoms with E-state index in [-0.39, 0.29) is 13.2 Å². The van der Waals surface area contributed by atoms with Crippen LogP contribution in [0.3, 0.4) is 0 Å². The van der Waals surface area contributed by atoms with Gasteiger partial charge in [-0.3, -0.25) is 0 Å². The second-order valence-corrected chi connectivity index (χ2v) is 8.67. The Morgan fingerprint density at radius 3 is 1.35 bits per heavy atom. The Kier molecular flexibility index (Phi) is 15.4. The normalized spacial score (nSPS) is 12.0. The molecule has 0 bridgehead atoms. The second-order valence-electron chi connectivity index (χ2n) is 8.67. The average molecular weight is 451 g/mol. The minimum Gasteiger partial charge on any atom is -0.443 e. The summed E-state index contributed by atoms with van der Waals surface area (Å²) in [7, 11) is 1.87. The van der Waals surface area contributed by atoms with Crippen LogP contribution in [-0.4, -0.2) is 101 Å². The highest BCUT2D eigenvalue weighted by Gasteiger charge is 2.30. The van der Waals surface area contributed by atoms with Crippen LogP contribution in [0.15, 0.2) is 0 Å². The van der Waals surface area contributed by atoms with Crippen LogP contribution in [0.1, 0.15) is 41.5 Å². The van der Waals surface area contributed by atoms with E-state index in [0.29, 0.717) is 46.2 Å². The van der Waals surface area contributed by atoms with E-state index in [0.717, 1.165) is 11.4 Å². The SMILES string of the molecule is CNCCOCCOCCOCCOCCN(C(=O)OC(C)(C)C)C(=O)OC(C)(C)C. The van der Waals surface area contributed by atoms with Crippen molar-refractivity contribution in [1.82, 2.24) is 10.2 Å². The Labute approximate surface area is 186 Å². The molecule has 0 saturated carbocycles. The lowest BCUT2D eigenvalue weighted by atomic mass is 10.2. The molecule has 0 saturated heterocycles. The molecule has 31 heavy (non-hydrogen) atoms. The van der Waals surface area contributed by atoms with Gasteiger partial charge in [-0.1, -0.05) is 0 Å². The average Bonchev–Trinajstić information content (AvgIpc) is 2.61. The quantitative estimate of drug-likeness (QED) is 0.377. The Balaban J connectivity index is 4.02. The molecule has 0 aliphatic carbocycles. The van der Waals surface area contributed by atoms with Gasteiger partial charge in [-0.05, 0) is 48.6 Å². The molecule has 2 amide bonds. The highest BCUT2D eigenvalue weighted by molar-refractivity contribution is 5.88. The highest BCUT2D eigenvalue weighted by atomic mass is 16.6. The number of hydrogen-bond acceptors (Lipinski definition) is 9. The van der Waals surface area contributed by atoms with E-state index in [4.69, 9.17) is 28.4 Å². The molecule has 0 aliphatic heterocycles. The number of ether oxygens (including phenoxy) is 6. The van der Waals surface area contributed by atoms with E-state index in [1.54, 1.807) is 41.5 Å². The first-order valence-electron chi connectivity index (χ1n) is 10.7. The molecule has 0 atom stereocenters. The van der Waals surface area contributed by atoms with Gasteiger partial charge < -0.3 is 33.7 Å². The summed E-state index contributed by atoms with van der Waals surface area (Å²) in [5, 5.41) is 3.00. The number of carbonyl (C=O) groups is 2. The zero-order chi connectivity index (χ0) is 23.8. The number of nitrogens with one attached hydrogen (secondary N) is 1. The Bertz CT molecular complexity index is 461. The predicted octanol–water partition coefficient (Wildman–Crippen LogP) is 2.44. The van der Waals surface area contributed by atoms with Crippen molar-refractivity contribution in [1.29, 1.82) is 0 Å². The minimum atomic E-state index is -0.770. The third-order valence-corrected chi connectivity index (χ3v) is 3.30. The molecule has 0 heterocycles. The monoisotopic (exact) mass is 450 g/mol. The van der Waals surface area contributed by atoms with Crippen molar-refractivity contribution >= 4 is 12.2 Å². The van der Waals surface area contributed by atoms with E-state index >= 15 is 0 Å². The van der Waals surface area contributed by atoms with Crippen LogP contribution in [0.2, 0.25) is 0 Å². The maximum absolute atomic E-state index is 12.3. The summed E-state index contributed by atoms with van der Waals surface area (Å²) in [6, 6.07) is 0. The first kappa shape index (κ1) is 29.5. The number of hydrogen-bond donors (Lipinski definition) is 1. The summed E-state index contributed by atoms with van der Waals surface area (Å²) >= 11 is 0. The van der Waals surface area contributed by atoms with E-state index in [1.165, 1.54) is 0 Å². The molecular weight excluding hydrogens is 408 g/mol. The van der Waals surface area contributed by atoms with Crippen LogP contribution >= 0.6 is 0 Å². The van der Waals surface area contributed by atoms with E-state index in [2.05, 4.69) is 5.32 Å². The van der Waals surface area contributed by atoms with Gasteiger partial charge in [-0.2, -0.15) is 0 Å². The van der Waals surface area contributed by atoms with Crippen molar-refractivity contribution in [2.45, 2.75) is 52.7 Å². The predicted molar refractivity (Wildman–Crippen MR) is 116 cm³/mol. The summed E-state index contributed by atoms with van der Waals surface area (Å²) in [6.07, 6.45) is -1.54. The molecule has 0 rings (SSSR count). The third-order valence-electron chi connectivity index (χ3n) is 3.30. The highest BCUT2D eigenvalue weighted by Crippen LogP contribution is 2.14. The van der Waals surface area contributed by atoms with Crippen molar-refractivity contribution in [3.8, 4) is 0 Å². The number of likely N-dealkylation sites (N-methyl/N-ethyl adjacent to an activating group) is 1. The molecule has 0 aromatic rings. The number of rotatable bonds is 15. The number of imide groups is 1. The fourth-order valence-electron chi connectivity index (χ4n) is 1.98. The van der Waals surface area contributed by atoms with E-state index in [1.807, 2.05) is 7.05 Å². The molecule has 184 valence electrons. The maximum atomic E-state index is 12.3. The van der Waals surface area contributed by atoms with Crippen LogP contribution in [0, 0.1) is 0 Å². The lowest BCUT2D eigenvalue weighted by molar-refractivity contribution is -0.0140. The second kappa shape index (κ2) is 16.2. The van der Waals surface area contributed by atoms with Crippen molar-refractivity contribution in [3.63, 3.8) is 0 Å². The Morgan fingerprint density at radius 1 is 0.645 bits per heavy atom. The lowest BCUT2D eigenvalue weighted by Crippen LogP contribution is -2.45. The van der Waals surface area contributed by atoms with Gasteiger partial charge in [-0.15, -0.1) is 0 Å². The molecule has 10 nitrogen and oxygen atoms in total. The minimum absolute atomic E-state index is 0.0144. The molecule has 0 unspecified atom stereocenters. The summed E-state index contributed by atoms with van der Waals surface area (Å²) in [5.74, 6) is 0. The van der Waals surface area contributed by atoms with Gasteiger partial charge in [0.15, 0.2) is 0 Å². The van der Waals surface area contributed by atoms with E-state index in [9.17, 15) is 9.59 Å². The molecule has 0 aromatic heterocycles. The van der Waals surface area contributed by atoms with Crippen molar-refractivity contribution in [2.75, 3.05) is 73.0 Å². The van der Waals surface area contributed by atoms with Crippen LogP contribution in [0.25, 0.3) is 0 Å². The fourth-order valence-corrected chi connectivity index (χ4v) is 1.98. The Hall–Kier alpha value is -1.46.